The summed E-state index contributed by atoms with van der Waals surface area (Å²) in [6, 6.07) is 9.01. The van der Waals surface area contributed by atoms with Gasteiger partial charge in [0.2, 0.25) is 0 Å². The van der Waals surface area contributed by atoms with Crippen LogP contribution in [0.5, 0.6) is 0 Å². The molecule has 0 unspecified atom stereocenters. The number of pyridine rings is 2. The van der Waals surface area contributed by atoms with E-state index in [1.807, 2.05) is 30.7 Å². The zero-order chi connectivity index (χ0) is 24.0. The first-order valence-corrected chi connectivity index (χ1v) is 11.2. The third kappa shape index (κ3) is 4.20. The average molecular weight is 470 g/mol. The summed E-state index contributed by atoms with van der Waals surface area (Å²) in [7, 11) is 1.89. The third-order valence-electron chi connectivity index (χ3n) is 6.41. The van der Waals surface area contributed by atoms with Crippen molar-refractivity contribution in [3.05, 3.63) is 59.7 Å². The van der Waals surface area contributed by atoms with Crippen LogP contribution in [0.15, 0.2) is 42.7 Å². The van der Waals surface area contributed by atoms with Crippen LogP contribution in [0.1, 0.15) is 47.4 Å². The maximum atomic E-state index is 13.1. The Morgan fingerprint density at radius 3 is 2.50 bits per heavy atom. The lowest BCUT2D eigenvalue weighted by molar-refractivity contribution is -0.140. The van der Waals surface area contributed by atoms with Crippen LogP contribution in [-0.2, 0) is 13.2 Å². The summed E-state index contributed by atoms with van der Waals surface area (Å²) in [5, 5.41) is 6.49. The van der Waals surface area contributed by atoms with Crippen molar-refractivity contribution in [3.8, 4) is 0 Å². The maximum absolute atomic E-state index is 13.1. The van der Waals surface area contributed by atoms with E-state index in [2.05, 4.69) is 20.6 Å². The molecule has 1 aliphatic carbocycles. The molecule has 4 heterocycles. The number of hydrogen-bond donors (Lipinski definition) is 2. The predicted octanol–water partition coefficient (Wildman–Crippen LogP) is 4.70. The monoisotopic (exact) mass is 470 g/mol. The molecule has 5 rings (SSSR count). The van der Waals surface area contributed by atoms with Gasteiger partial charge in [0.25, 0.3) is 5.91 Å². The van der Waals surface area contributed by atoms with Gasteiger partial charge in [-0.05, 0) is 56.9 Å². The topological polar surface area (TPSA) is 76.2 Å². The molecule has 1 aliphatic rings. The summed E-state index contributed by atoms with van der Waals surface area (Å²) >= 11 is 0. The van der Waals surface area contributed by atoms with Crippen LogP contribution in [-0.4, -0.2) is 36.9 Å². The molecule has 0 atom stereocenters. The first-order chi connectivity index (χ1) is 16.2. The Morgan fingerprint density at radius 2 is 1.76 bits per heavy atom. The van der Waals surface area contributed by atoms with Gasteiger partial charge in [0.15, 0.2) is 5.69 Å². The summed E-state index contributed by atoms with van der Waals surface area (Å²) in [4.78, 5) is 21.2. The van der Waals surface area contributed by atoms with Gasteiger partial charge in [-0.15, -0.1) is 0 Å². The van der Waals surface area contributed by atoms with Crippen LogP contribution in [0.25, 0.3) is 16.7 Å². The second kappa shape index (κ2) is 8.34. The highest BCUT2D eigenvalue weighted by atomic mass is 19.4. The van der Waals surface area contributed by atoms with Crippen LogP contribution in [0, 0.1) is 6.92 Å². The molecule has 1 saturated carbocycles. The highest BCUT2D eigenvalue weighted by Gasteiger charge is 2.34. The van der Waals surface area contributed by atoms with Gasteiger partial charge >= 0.3 is 6.18 Å². The fourth-order valence-electron chi connectivity index (χ4n) is 4.64. The Morgan fingerprint density at radius 1 is 1.03 bits per heavy atom. The Bertz CT molecular complexity index is 1360. The van der Waals surface area contributed by atoms with E-state index in [-0.39, 0.29) is 23.6 Å². The standard InChI is InChI=1S/C24H25F3N6O/c1-14-6-11-18-22(28-14)17(12-32(18)2)23(34)30-16-9-7-15(8-10-16)29-20-4-3-5-21-31-19(13-33(20)21)24(25,26)27/h3-6,11-13,15-16,29H,7-10H2,1-2H3,(H,30,34)/t15-,16+. The van der Waals surface area contributed by atoms with Gasteiger partial charge in [0.05, 0.1) is 11.1 Å². The zero-order valence-corrected chi connectivity index (χ0v) is 18.9. The maximum Gasteiger partial charge on any atom is 0.434 e. The van der Waals surface area contributed by atoms with E-state index in [4.69, 9.17) is 0 Å². The number of anilines is 1. The number of rotatable bonds is 4. The van der Waals surface area contributed by atoms with E-state index < -0.39 is 11.9 Å². The van der Waals surface area contributed by atoms with Crippen molar-refractivity contribution in [2.45, 2.75) is 50.9 Å². The second-order valence-corrected chi connectivity index (χ2v) is 8.90. The van der Waals surface area contributed by atoms with Gasteiger partial charge < -0.3 is 15.2 Å². The minimum absolute atomic E-state index is 0.0338. The average Bonchev–Trinajstić information content (AvgIpc) is 3.37. The number of aromatic nitrogens is 4. The summed E-state index contributed by atoms with van der Waals surface area (Å²) in [6.45, 7) is 1.90. The molecule has 34 heavy (non-hydrogen) atoms. The summed E-state index contributed by atoms with van der Waals surface area (Å²) < 4.78 is 42.5. The van der Waals surface area contributed by atoms with Crippen molar-refractivity contribution in [2.75, 3.05) is 5.32 Å². The number of aryl methyl sites for hydroxylation is 2. The van der Waals surface area contributed by atoms with Crippen molar-refractivity contribution in [3.63, 3.8) is 0 Å². The van der Waals surface area contributed by atoms with E-state index in [1.165, 1.54) is 4.40 Å². The smallest absolute Gasteiger partial charge is 0.368 e. The van der Waals surface area contributed by atoms with Crippen molar-refractivity contribution in [2.24, 2.45) is 7.05 Å². The van der Waals surface area contributed by atoms with Crippen LogP contribution in [0.4, 0.5) is 19.0 Å². The number of fused-ring (bicyclic) bond motifs is 2. The van der Waals surface area contributed by atoms with E-state index in [0.29, 0.717) is 16.9 Å². The molecule has 0 bridgehead atoms. The highest BCUT2D eigenvalue weighted by Crippen LogP contribution is 2.30. The number of halogens is 3. The Balaban J connectivity index is 1.23. The fraction of sp³-hybridized carbons (Fsp3) is 0.375. The van der Waals surface area contributed by atoms with Crippen LogP contribution < -0.4 is 10.6 Å². The second-order valence-electron chi connectivity index (χ2n) is 8.90. The number of carbonyl (C=O) groups excluding carboxylic acids is 1. The molecule has 0 radical (unpaired) electrons. The minimum Gasteiger partial charge on any atom is -0.368 e. The molecular weight excluding hydrogens is 445 g/mol. The number of nitrogens with zero attached hydrogens (tertiary/aromatic N) is 4. The molecule has 4 aromatic rings. The molecule has 0 aliphatic heterocycles. The van der Waals surface area contributed by atoms with E-state index >= 15 is 0 Å². The Labute approximate surface area is 194 Å². The minimum atomic E-state index is -4.49. The molecule has 0 spiro atoms. The van der Waals surface area contributed by atoms with Gasteiger partial charge in [-0.3, -0.25) is 14.2 Å². The predicted molar refractivity (Wildman–Crippen MR) is 123 cm³/mol. The van der Waals surface area contributed by atoms with Gasteiger partial charge in [0, 0.05) is 37.2 Å². The number of alkyl halides is 3. The van der Waals surface area contributed by atoms with Crippen LogP contribution in [0.2, 0.25) is 0 Å². The van der Waals surface area contributed by atoms with Crippen molar-refractivity contribution in [1.29, 1.82) is 0 Å². The Kier molecular flexibility index (Phi) is 5.45. The lowest BCUT2D eigenvalue weighted by atomic mass is 9.91. The first kappa shape index (κ1) is 22.2. The molecule has 1 fully saturated rings. The fourth-order valence-corrected chi connectivity index (χ4v) is 4.64. The lowest BCUT2D eigenvalue weighted by Gasteiger charge is -2.30. The molecule has 7 nitrogen and oxygen atoms in total. The highest BCUT2D eigenvalue weighted by molar-refractivity contribution is 6.05. The normalized spacial score (nSPS) is 19.0. The quantitative estimate of drug-likeness (QED) is 0.453. The number of carbonyl (C=O) groups is 1. The number of hydrogen-bond acceptors (Lipinski definition) is 4. The number of nitrogens with one attached hydrogen (secondary N) is 2. The van der Waals surface area contributed by atoms with Gasteiger partial charge in [0.1, 0.15) is 17.0 Å². The van der Waals surface area contributed by atoms with Gasteiger partial charge in [-0.2, -0.15) is 13.2 Å². The number of amides is 1. The van der Waals surface area contributed by atoms with Crippen LogP contribution in [0.3, 0.4) is 0 Å². The van der Waals surface area contributed by atoms with Crippen LogP contribution >= 0.6 is 0 Å². The summed E-state index contributed by atoms with van der Waals surface area (Å²) in [5.41, 5.74) is 2.36. The molecule has 2 N–H and O–H groups in total. The van der Waals surface area contributed by atoms with Crippen molar-refractivity contribution >= 4 is 28.4 Å². The molecule has 0 aromatic carbocycles. The summed E-state index contributed by atoms with van der Waals surface area (Å²) in [6.07, 6.45) is 1.45. The zero-order valence-electron chi connectivity index (χ0n) is 18.9. The SMILES string of the molecule is Cc1ccc2c(n1)c(C(=O)N[C@H]1CC[C@@H](Nc3cccc4nc(C(F)(F)F)cn34)CC1)cn2C. The molecule has 10 heteroatoms. The molecule has 0 saturated heterocycles. The van der Waals surface area contributed by atoms with E-state index in [1.54, 1.807) is 24.4 Å². The molecule has 1 amide bonds. The van der Waals surface area contributed by atoms with Gasteiger partial charge in [-0.1, -0.05) is 6.07 Å². The largest absolute Gasteiger partial charge is 0.434 e. The third-order valence-corrected chi connectivity index (χ3v) is 6.41. The van der Waals surface area contributed by atoms with Crippen molar-refractivity contribution in [1.82, 2.24) is 24.3 Å². The van der Waals surface area contributed by atoms with E-state index in [0.717, 1.165) is 43.1 Å². The molecule has 178 valence electrons. The van der Waals surface area contributed by atoms with Gasteiger partial charge in [-0.25, -0.2) is 4.98 Å². The first-order valence-electron chi connectivity index (χ1n) is 11.2. The summed E-state index contributed by atoms with van der Waals surface area (Å²) in [5.74, 6) is 0.438. The molecule has 4 aromatic heterocycles. The van der Waals surface area contributed by atoms with E-state index in [9.17, 15) is 18.0 Å². The lowest BCUT2D eigenvalue weighted by Crippen LogP contribution is -2.40. The molecular formula is C24H25F3N6O. The Hall–Kier alpha value is -3.56. The number of imidazole rings is 1. The van der Waals surface area contributed by atoms with Crippen molar-refractivity contribution < 1.29 is 18.0 Å².